The Morgan fingerprint density at radius 1 is 1.26 bits per heavy atom. The summed E-state index contributed by atoms with van der Waals surface area (Å²) in [4.78, 5) is 25.0. The van der Waals surface area contributed by atoms with Gasteiger partial charge in [0.1, 0.15) is 0 Å². The van der Waals surface area contributed by atoms with Gasteiger partial charge in [0.2, 0.25) is 5.91 Å². The SMILES string of the molecule is CCN1CC[C@@H]2C[C@@H](N3CCOCC3)CC[C@@]2(C(=O)NCCc2nc3c(s2)CCC3)C1. The normalized spacial score (nSPS) is 31.9. The zero-order chi connectivity index (χ0) is 21.3. The third kappa shape index (κ3) is 4.43. The van der Waals surface area contributed by atoms with E-state index in [0.29, 0.717) is 17.9 Å². The Balaban J connectivity index is 1.22. The number of likely N-dealkylation sites (tertiary alicyclic amines) is 1. The molecule has 3 atom stereocenters. The molecular formula is C24H38N4O2S. The first-order chi connectivity index (χ1) is 15.2. The lowest BCUT2D eigenvalue weighted by Crippen LogP contribution is -2.61. The lowest BCUT2D eigenvalue weighted by Gasteiger charge is -2.53. The number of nitrogens with zero attached hydrogens (tertiary/aromatic N) is 3. The fourth-order valence-corrected chi connectivity index (χ4v) is 7.60. The van der Waals surface area contributed by atoms with Crippen molar-refractivity contribution < 1.29 is 9.53 Å². The van der Waals surface area contributed by atoms with Crippen LogP contribution < -0.4 is 5.32 Å². The van der Waals surface area contributed by atoms with Crippen molar-refractivity contribution in [1.29, 1.82) is 0 Å². The highest BCUT2D eigenvalue weighted by Gasteiger charge is 2.52. The Labute approximate surface area is 190 Å². The largest absolute Gasteiger partial charge is 0.379 e. The van der Waals surface area contributed by atoms with Gasteiger partial charge in [-0.25, -0.2) is 4.98 Å². The zero-order valence-electron chi connectivity index (χ0n) is 19.0. The van der Waals surface area contributed by atoms with Crippen LogP contribution in [-0.4, -0.2) is 79.2 Å². The number of amides is 1. The average molecular weight is 447 g/mol. The maximum atomic E-state index is 13.6. The molecule has 1 N–H and O–H groups in total. The Kier molecular flexibility index (Phi) is 6.65. The van der Waals surface area contributed by atoms with Crippen molar-refractivity contribution >= 4 is 17.2 Å². The van der Waals surface area contributed by atoms with E-state index >= 15 is 0 Å². The van der Waals surface area contributed by atoms with Crippen molar-refractivity contribution in [3.63, 3.8) is 0 Å². The number of carbonyl (C=O) groups excluding carboxylic acids is 1. The van der Waals surface area contributed by atoms with Crippen LogP contribution in [0, 0.1) is 11.3 Å². The number of morpholine rings is 1. The average Bonchev–Trinajstić information content (AvgIpc) is 3.41. The number of rotatable bonds is 6. The fourth-order valence-electron chi connectivity index (χ4n) is 6.44. The summed E-state index contributed by atoms with van der Waals surface area (Å²) in [6.07, 6.45) is 8.95. The third-order valence-corrected chi connectivity index (χ3v) is 9.50. The topological polar surface area (TPSA) is 57.7 Å². The molecule has 3 fully saturated rings. The van der Waals surface area contributed by atoms with Crippen LogP contribution in [0.2, 0.25) is 0 Å². The van der Waals surface area contributed by atoms with Crippen LogP contribution >= 0.6 is 11.3 Å². The number of ether oxygens (including phenoxy) is 1. The van der Waals surface area contributed by atoms with Crippen LogP contribution in [0.3, 0.4) is 0 Å². The monoisotopic (exact) mass is 446 g/mol. The third-order valence-electron chi connectivity index (χ3n) is 8.29. The summed E-state index contributed by atoms with van der Waals surface area (Å²) < 4.78 is 5.57. The van der Waals surface area contributed by atoms with Gasteiger partial charge in [-0.15, -0.1) is 11.3 Å². The van der Waals surface area contributed by atoms with Gasteiger partial charge in [-0.05, 0) is 64.0 Å². The maximum Gasteiger partial charge on any atom is 0.227 e. The molecule has 0 aromatic carbocycles. The van der Waals surface area contributed by atoms with Gasteiger partial charge in [-0.1, -0.05) is 6.92 Å². The van der Waals surface area contributed by atoms with Gasteiger partial charge in [0.15, 0.2) is 0 Å². The molecule has 0 radical (unpaired) electrons. The smallest absolute Gasteiger partial charge is 0.227 e. The molecule has 1 aromatic heterocycles. The lowest BCUT2D eigenvalue weighted by molar-refractivity contribution is -0.144. The lowest BCUT2D eigenvalue weighted by atomic mass is 9.61. The summed E-state index contributed by atoms with van der Waals surface area (Å²) in [5, 5.41) is 4.56. The first-order valence-electron chi connectivity index (χ1n) is 12.5. The summed E-state index contributed by atoms with van der Waals surface area (Å²) in [6.45, 7) is 9.88. The molecule has 4 aliphatic rings. The number of carbonyl (C=O) groups is 1. The van der Waals surface area contributed by atoms with Gasteiger partial charge in [-0.2, -0.15) is 0 Å². The number of nitrogens with one attached hydrogen (secondary N) is 1. The van der Waals surface area contributed by atoms with E-state index in [-0.39, 0.29) is 5.41 Å². The van der Waals surface area contributed by atoms with Gasteiger partial charge in [0.05, 0.1) is 29.3 Å². The second-order valence-electron chi connectivity index (χ2n) is 9.92. The molecule has 31 heavy (non-hydrogen) atoms. The van der Waals surface area contributed by atoms with Gasteiger partial charge in [0, 0.05) is 43.5 Å². The second-order valence-corrected chi connectivity index (χ2v) is 11.1. The van der Waals surface area contributed by atoms with Crippen LogP contribution in [0.5, 0.6) is 0 Å². The highest BCUT2D eigenvalue weighted by atomic mass is 32.1. The molecule has 2 aliphatic carbocycles. The molecule has 0 unspecified atom stereocenters. The van der Waals surface area contributed by atoms with Gasteiger partial charge in [0.25, 0.3) is 0 Å². The number of aryl methyl sites for hydroxylation is 2. The number of hydrogen-bond donors (Lipinski definition) is 1. The van der Waals surface area contributed by atoms with E-state index in [9.17, 15) is 4.79 Å². The first-order valence-corrected chi connectivity index (χ1v) is 13.3. The standard InChI is InChI=1S/C24H38N4O2S/c1-2-27-11-8-18-16-19(28-12-14-30-15-13-28)6-9-24(18,17-27)23(29)25-10-7-22-26-20-4-3-5-21(20)31-22/h18-19H,2-17H2,1H3,(H,25,29)/t18-,19+,24-/m1/s1. The molecular weight excluding hydrogens is 408 g/mol. The molecule has 0 spiro atoms. The molecule has 3 heterocycles. The van der Waals surface area contributed by atoms with Crippen molar-refractivity contribution in [1.82, 2.24) is 20.1 Å². The Morgan fingerprint density at radius 3 is 2.94 bits per heavy atom. The van der Waals surface area contributed by atoms with Gasteiger partial charge >= 0.3 is 0 Å². The molecule has 1 saturated carbocycles. The van der Waals surface area contributed by atoms with Gasteiger partial charge in [-0.3, -0.25) is 9.69 Å². The molecule has 172 valence electrons. The number of fused-ring (bicyclic) bond motifs is 2. The first kappa shape index (κ1) is 21.8. The molecule has 1 aromatic rings. The predicted molar refractivity (Wildman–Crippen MR) is 124 cm³/mol. The minimum atomic E-state index is -0.207. The second kappa shape index (κ2) is 9.46. The molecule has 0 bridgehead atoms. The highest BCUT2D eigenvalue weighted by molar-refractivity contribution is 7.11. The minimum Gasteiger partial charge on any atom is -0.379 e. The van der Waals surface area contributed by atoms with E-state index < -0.39 is 0 Å². The Bertz CT molecular complexity index is 756. The molecule has 1 amide bonds. The predicted octanol–water partition coefficient (Wildman–Crippen LogP) is 2.50. The summed E-state index contributed by atoms with van der Waals surface area (Å²) in [5.74, 6) is 0.806. The van der Waals surface area contributed by atoms with E-state index in [4.69, 9.17) is 9.72 Å². The molecule has 6 nitrogen and oxygen atoms in total. The summed E-state index contributed by atoms with van der Waals surface area (Å²) >= 11 is 1.86. The van der Waals surface area contributed by atoms with Crippen LogP contribution in [0.1, 0.15) is 54.6 Å². The van der Waals surface area contributed by atoms with Crippen LogP contribution in [0.15, 0.2) is 0 Å². The maximum absolute atomic E-state index is 13.6. The highest BCUT2D eigenvalue weighted by Crippen LogP contribution is 2.47. The number of hydrogen-bond acceptors (Lipinski definition) is 6. The van der Waals surface area contributed by atoms with Gasteiger partial charge < -0.3 is 15.0 Å². The van der Waals surface area contributed by atoms with Crippen molar-refractivity contribution in [2.75, 3.05) is 52.5 Å². The van der Waals surface area contributed by atoms with E-state index in [1.165, 1.54) is 34.8 Å². The van der Waals surface area contributed by atoms with Crippen LogP contribution in [0.25, 0.3) is 0 Å². The molecule has 2 aliphatic heterocycles. The summed E-state index contributed by atoms with van der Waals surface area (Å²) in [5.41, 5.74) is 1.11. The van der Waals surface area contributed by atoms with E-state index in [1.54, 1.807) is 0 Å². The summed E-state index contributed by atoms with van der Waals surface area (Å²) in [7, 11) is 0. The van der Waals surface area contributed by atoms with E-state index in [1.807, 2.05) is 11.3 Å². The zero-order valence-corrected chi connectivity index (χ0v) is 19.9. The quantitative estimate of drug-likeness (QED) is 0.728. The minimum absolute atomic E-state index is 0.207. The Morgan fingerprint density at radius 2 is 2.13 bits per heavy atom. The van der Waals surface area contributed by atoms with Crippen molar-refractivity contribution in [3.8, 4) is 0 Å². The molecule has 5 rings (SSSR count). The Hall–Kier alpha value is -1.02. The van der Waals surface area contributed by atoms with Crippen LogP contribution in [-0.2, 0) is 28.8 Å². The van der Waals surface area contributed by atoms with Crippen molar-refractivity contribution in [2.45, 2.75) is 64.3 Å². The van der Waals surface area contributed by atoms with E-state index in [0.717, 1.165) is 84.6 Å². The number of thiazole rings is 1. The van der Waals surface area contributed by atoms with Crippen molar-refractivity contribution in [3.05, 3.63) is 15.6 Å². The number of piperidine rings is 1. The molecule has 2 saturated heterocycles. The number of aromatic nitrogens is 1. The fraction of sp³-hybridized carbons (Fsp3) is 0.833. The van der Waals surface area contributed by atoms with E-state index in [2.05, 4.69) is 22.0 Å². The summed E-state index contributed by atoms with van der Waals surface area (Å²) in [6, 6.07) is 0.626. The molecule has 7 heteroatoms. The van der Waals surface area contributed by atoms with Crippen LogP contribution in [0.4, 0.5) is 0 Å². The van der Waals surface area contributed by atoms with Crippen molar-refractivity contribution in [2.24, 2.45) is 11.3 Å².